The molecular weight excluding hydrogens is 449 g/mol. The molecule has 0 fully saturated rings. The van der Waals surface area contributed by atoms with E-state index >= 15 is 4.39 Å². The molecule has 2 heterocycles. The second-order valence-electron chi connectivity index (χ2n) is 7.35. The standard InChI is InChI=1S/C21H16F5N5O2/c22-11-4-1-3-10(9-11)16-14(19(27)32)18-17(30(20(28)33)7-8-31(18)29-16)12-5-2-6-13(15(12)23)21(24,25)26/h1-6,9,17H,7-8H2,(H2,27,32)(H2,28,33). The normalized spacial score (nSPS) is 15.9. The molecule has 1 aliphatic rings. The number of nitrogens with two attached hydrogens (primary N) is 2. The van der Waals surface area contributed by atoms with Gasteiger partial charge in [0.15, 0.2) is 0 Å². The van der Waals surface area contributed by atoms with Crippen LogP contribution in [-0.4, -0.2) is 33.2 Å². The monoisotopic (exact) mass is 465 g/mol. The van der Waals surface area contributed by atoms with E-state index in [1.54, 1.807) is 0 Å². The van der Waals surface area contributed by atoms with Crippen molar-refractivity contribution >= 4 is 11.9 Å². The number of benzene rings is 2. The Morgan fingerprint density at radius 1 is 1.03 bits per heavy atom. The molecule has 1 atom stereocenters. The van der Waals surface area contributed by atoms with Crippen LogP contribution in [0.1, 0.15) is 33.2 Å². The Kier molecular flexibility index (Phi) is 5.30. The SMILES string of the molecule is NC(=O)c1c(-c2cccc(F)c2)nn2c1C(c1cccc(C(F)(F)F)c1F)N(C(N)=O)CC2. The number of rotatable bonds is 3. The molecule has 0 aliphatic carbocycles. The van der Waals surface area contributed by atoms with Crippen molar-refractivity contribution in [2.75, 3.05) is 6.54 Å². The molecule has 0 bridgehead atoms. The van der Waals surface area contributed by atoms with Gasteiger partial charge in [0.2, 0.25) is 0 Å². The van der Waals surface area contributed by atoms with Gasteiger partial charge in [-0.15, -0.1) is 0 Å². The quantitative estimate of drug-likeness (QED) is 0.579. The number of carbonyl (C=O) groups excluding carboxylic acids is 2. The lowest BCUT2D eigenvalue weighted by atomic mass is 9.93. The van der Waals surface area contributed by atoms with Crippen LogP contribution < -0.4 is 11.5 Å². The average molecular weight is 465 g/mol. The summed E-state index contributed by atoms with van der Waals surface area (Å²) in [6, 6.07) is 5.09. The minimum Gasteiger partial charge on any atom is -0.365 e. The van der Waals surface area contributed by atoms with E-state index in [-0.39, 0.29) is 35.6 Å². The summed E-state index contributed by atoms with van der Waals surface area (Å²) in [4.78, 5) is 25.5. The van der Waals surface area contributed by atoms with Gasteiger partial charge in [-0.2, -0.15) is 18.3 Å². The van der Waals surface area contributed by atoms with Crippen LogP contribution in [0.25, 0.3) is 11.3 Å². The molecule has 0 spiro atoms. The maximum Gasteiger partial charge on any atom is 0.419 e. The molecule has 1 unspecified atom stereocenters. The number of fused-ring (bicyclic) bond motifs is 1. The zero-order chi connectivity index (χ0) is 24.1. The minimum absolute atomic E-state index is 0.00898. The number of halogens is 5. The molecule has 3 aromatic rings. The molecule has 2 aromatic carbocycles. The Morgan fingerprint density at radius 2 is 1.73 bits per heavy atom. The first-order valence-corrected chi connectivity index (χ1v) is 9.58. The number of nitrogens with zero attached hydrogens (tertiary/aromatic N) is 3. The Balaban J connectivity index is 2.02. The van der Waals surface area contributed by atoms with Crippen LogP contribution in [-0.2, 0) is 12.7 Å². The van der Waals surface area contributed by atoms with Gasteiger partial charge < -0.3 is 16.4 Å². The molecule has 1 aliphatic heterocycles. The fourth-order valence-corrected chi connectivity index (χ4v) is 4.02. The van der Waals surface area contributed by atoms with Crippen molar-refractivity contribution in [2.24, 2.45) is 11.5 Å². The third-order valence-corrected chi connectivity index (χ3v) is 5.37. The first kappa shape index (κ1) is 22.2. The Bertz CT molecular complexity index is 1270. The molecule has 172 valence electrons. The average Bonchev–Trinajstić information content (AvgIpc) is 3.12. The van der Waals surface area contributed by atoms with Crippen LogP contribution >= 0.6 is 0 Å². The molecule has 4 N–H and O–H groups in total. The highest BCUT2D eigenvalue weighted by Crippen LogP contribution is 2.41. The van der Waals surface area contributed by atoms with E-state index in [1.165, 1.54) is 22.9 Å². The number of aromatic nitrogens is 2. The Hall–Kier alpha value is -3.96. The fourth-order valence-electron chi connectivity index (χ4n) is 4.02. The molecule has 0 saturated carbocycles. The lowest BCUT2D eigenvalue weighted by Gasteiger charge is -2.36. The number of primary amides is 2. The van der Waals surface area contributed by atoms with Gasteiger partial charge in [0.25, 0.3) is 5.91 Å². The maximum absolute atomic E-state index is 15.1. The van der Waals surface area contributed by atoms with Gasteiger partial charge in [0.05, 0.1) is 23.4 Å². The van der Waals surface area contributed by atoms with Gasteiger partial charge in [-0.05, 0) is 18.2 Å². The zero-order valence-corrected chi connectivity index (χ0v) is 16.7. The van der Waals surface area contributed by atoms with Crippen molar-refractivity contribution in [3.63, 3.8) is 0 Å². The highest BCUT2D eigenvalue weighted by molar-refractivity contribution is 6.00. The van der Waals surface area contributed by atoms with Gasteiger partial charge in [0, 0.05) is 17.7 Å². The minimum atomic E-state index is -5.01. The van der Waals surface area contributed by atoms with E-state index < -0.39 is 46.9 Å². The fraction of sp³-hybridized carbons (Fsp3) is 0.190. The third kappa shape index (κ3) is 3.77. The Morgan fingerprint density at radius 3 is 2.33 bits per heavy atom. The van der Waals surface area contributed by atoms with Crippen LogP contribution in [0.15, 0.2) is 42.5 Å². The van der Waals surface area contributed by atoms with E-state index in [9.17, 15) is 27.2 Å². The third-order valence-electron chi connectivity index (χ3n) is 5.37. The Labute approximate surface area is 183 Å². The molecule has 12 heteroatoms. The van der Waals surface area contributed by atoms with Gasteiger partial charge in [-0.1, -0.05) is 24.3 Å². The molecule has 7 nitrogen and oxygen atoms in total. The lowest BCUT2D eigenvalue weighted by Crippen LogP contribution is -2.46. The van der Waals surface area contributed by atoms with Gasteiger partial charge in [-0.3, -0.25) is 9.48 Å². The highest BCUT2D eigenvalue weighted by atomic mass is 19.4. The van der Waals surface area contributed by atoms with Crippen molar-refractivity contribution in [3.05, 3.63) is 76.5 Å². The van der Waals surface area contributed by atoms with Crippen molar-refractivity contribution in [1.29, 1.82) is 0 Å². The number of hydrogen-bond acceptors (Lipinski definition) is 3. The van der Waals surface area contributed by atoms with E-state index in [1.807, 2.05) is 0 Å². The summed E-state index contributed by atoms with van der Waals surface area (Å²) in [5.41, 5.74) is 8.61. The first-order valence-electron chi connectivity index (χ1n) is 9.58. The van der Waals surface area contributed by atoms with Crippen molar-refractivity contribution in [3.8, 4) is 11.3 Å². The van der Waals surface area contributed by atoms with E-state index in [0.717, 1.165) is 23.1 Å². The van der Waals surface area contributed by atoms with Crippen LogP contribution in [0.3, 0.4) is 0 Å². The second kappa shape index (κ2) is 7.87. The van der Waals surface area contributed by atoms with Crippen LogP contribution in [0.5, 0.6) is 0 Å². The molecular formula is C21H16F5N5O2. The smallest absolute Gasteiger partial charge is 0.365 e. The summed E-state index contributed by atoms with van der Waals surface area (Å²) in [6.45, 7) is -0.143. The molecule has 3 amide bonds. The number of alkyl halides is 3. The summed E-state index contributed by atoms with van der Waals surface area (Å²) in [5, 5.41) is 4.28. The summed E-state index contributed by atoms with van der Waals surface area (Å²) in [6.07, 6.45) is -5.01. The lowest BCUT2D eigenvalue weighted by molar-refractivity contribution is -0.140. The molecule has 0 saturated heterocycles. The van der Waals surface area contributed by atoms with Gasteiger partial charge >= 0.3 is 12.2 Å². The van der Waals surface area contributed by atoms with Gasteiger partial charge in [0.1, 0.15) is 23.4 Å². The van der Waals surface area contributed by atoms with Crippen molar-refractivity contribution in [2.45, 2.75) is 18.8 Å². The second-order valence-corrected chi connectivity index (χ2v) is 7.35. The van der Waals surface area contributed by atoms with Crippen LogP contribution in [0.4, 0.5) is 26.7 Å². The van der Waals surface area contributed by atoms with E-state index in [0.29, 0.717) is 6.07 Å². The highest BCUT2D eigenvalue weighted by Gasteiger charge is 2.42. The van der Waals surface area contributed by atoms with Crippen molar-refractivity contribution < 1.29 is 31.5 Å². The summed E-state index contributed by atoms with van der Waals surface area (Å²) in [5.74, 6) is -3.30. The summed E-state index contributed by atoms with van der Waals surface area (Å²) in [7, 11) is 0. The number of hydrogen-bond donors (Lipinski definition) is 2. The number of urea groups is 1. The van der Waals surface area contributed by atoms with E-state index in [2.05, 4.69) is 5.10 Å². The first-order chi connectivity index (χ1) is 15.5. The molecule has 0 radical (unpaired) electrons. The number of amides is 3. The summed E-state index contributed by atoms with van der Waals surface area (Å²) < 4.78 is 70.2. The predicted molar refractivity (Wildman–Crippen MR) is 106 cm³/mol. The van der Waals surface area contributed by atoms with Crippen LogP contribution in [0, 0.1) is 11.6 Å². The zero-order valence-electron chi connectivity index (χ0n) is 16.7. The number of carbonyl (C=O) groups is 2. The van der Waals surface area contributed by atoms with Gasteiger partial charge in [-0.25, -0.2) is 13.6 Å². The maximum atomic E-state index is 15.1. The molecule has 4 rings (SSSR count). The van der Waals surface area contributed by atoms with Crippen molar-refractivity contribution in [1.82, 2.24) is 14.7 Å². The molecule has 1 aromatic heterocycles. The topological polar surface area (TPSA) is 107 Å². The predicted octanol–water partition coefficient (Wildman–Crippen LogP) is 3.43. The molecule has 33 heavy (non-hydrogen) atoms. The largest absolute Gasteiger partial charge is 0.419 e. The van der Waals surface area contributed by atoms with Crippen LogP contribution in [0.2, 0.25) is 0 Å². The summed E-state index contributed by atoms with van der Waals surface area (Å²) >= 11 is 0. The van der Waals surface area contributed by atoms with E-state index in [4.69, 9.17) is 11.5 Å².